The Kier molecular flexibility index (Phi) is 7.04. The van der Waals surface area contributed by atoms with E-state index in [-0.39, 0.29) is 30.0 Å². The van der Waals surface area contributed by atoms with E-state index in [2.05, 4.69) is 15.3 Å². The summed E-state index contributed by atoms with van der Waals surface area (Å²) in [6.45, 7) is -0.270. The number of aromatic nitrogens is 3. The van der Waals surface area contributed by atoms with Gasteiger partial charge in [0.1, 0.15) is 17.9 Å². The minimum atomic E-state index is -1.60. The highest BCUT2D eigenvalue weighted by atomic mass is 19.2. The topological polar surface area (TPSA) is 109 Å². The molecule has 1 amide bonds. The number of ether oxygens (including phenoxy) is 1. The molecule has 5 aromatic rings. The summed E-state index contributed by atoms with van der Waals surface area (Å²) in [6, 6.07) is 17.7. The SMILES string of the molecule is O=C(N[C@@H](COc1ccc2[nH]c(=O)[nH]c2c1)c1ccccc1)c1cccn(Cc2cc(F)c(F)c(F)c2)c1=O. The van der Waals surface area contributed by atoms with E-state index in [1.54, 1.807) is 42.5 Å². The largest absolute Gasteiger partial charge is 0.491 e. The van der Waals surface area contributed by atoms with Gasteiger partial charge in [-0.15, -0.1) is 0 Å². The van der Waals surface area contributed by atoms with Crippen molar-refractivity contribution in [1.82, 2.24) is 19.9 Å². The van der Waals surface area contributed by atoms with Crippen LogP contribution in [0.3, 0.4) is 0 Å². The van der Waals surface area contributed by atoms with Crippen LogP contribution < -0.4 is 21.3 Å². The molecule has 3 N–H and O–H groups in total. The lowest BCUT2D eigenvalue weighted by Crippen LogP contribution is -2.37. The number of hydrogen-bond donors (Lipinski definition) is 3. The van der Waals surface area contributed by atoms with Gasteiger partial charge < -0.3 is 24.6 Å². The summed E-state index contributed by atoms with van der Waals surface area (Å²) in [7, 11) is 0. The summed E-state index contributed by atoms with van der Waals surface area (Å²) in [5.41, 5.74) is 0.662. The lowest BCUT2D eigenvalue weighted by molar-refractivity contribution is 0.0919. The van der Waals surface area contributed by atoms with Crippen LogP contribution in [0.15, 0.2) is 88.6 Å². The maximum Gasteiger partial charge on any atom is 0.323 e. The molecule has 1 atom stereocenters. The maximum atomic E-state index is 13.6. The summed E-state index contributed by atoms with van der Waals surface area (Å²) in [6.07, 6.45) is 1.36. The van der Waals surface area contributed by atoms with Crippen molar-refractivity contribution in [3.05, 3.63) is 134 Å². The molecule has 2 heterocycles. The fraction of sp³-hybridized carbons (Fsp3) is 0.107. The Morgan fingerprint density at radius 2 is 1.62 bits per heavy atom. The maximum absolute atomic E-state index is 13.6. The Labute approximate surface area is 218 Å². The molecule has 198 valence electrons. The second kappa shape index (κ2) is 10.7. The molecule has 5 rings (SSSR count). The minimum absolute atomic E-state index is 0.00503. The molecule has 0 bridgehead atoms. The van der Waals surface area contributed by atoms with Crippen molar-refractivity contribution in [3.63, 3.8) is 0 Å². The Bertz CT molecular complexity index is 1760. The Morgan fingerprint density at radius 3 is 2.36 bits per heavy atom. The van der Waals surface area contributed by atoms with Gasteiger partial charge in [0.25, 0.3) is 11.5 Å². The van der Waals surface area contributed by atoms with Gasteiger partial charge in [-0.05, 0) is 47.5 Å². The first-order valence-electron chi connectivity index (χ1n) is 11.8. The van der Waals surface area contributed by atoms with Gasteiger partial charge >= 0.3 is 5.69 Å². The molecule has 0 fully saturated rings. The smallest absolute Gasteiger partial charge is 0.323 e. The molecule has 39 heavy (non-hydrogen) atoms. The molecule has 0 aliphatic heterocycles. The molecule has 0 aliphatic carbocycles. The number of nitrogens with one attached hydrogen (secondary N) is 3. The standard InChI is InChI=1S/C28H21F3N4O4/c29-20-11-16(12-21(30)25(20)31)14-35-10-4-7-19(27(35)37)26(36)32-24(17-5-2-1-3-6-17)15-39-18-8-9-22-23(13-18)34-28(38)33-22/h1-13,24H,14-15H2,(H,32,36)(H2,33,34,38)/t24-/m0/s1. The van der Waals surface area contributed by atoms with Crippen molar-refractivity contribution >= 4 is 16.9 Å². The fourth-order valence-electron chi connectivity index (χ4n) is 4.15. The molecule has 0 saturated heterocycles. The Morgan fingerprint density at radius 1 is 0.897 bits per heavy atom. The van der Waals surface area contributed by atoms with Crippen LogP contribution >= 0.6 is 0 Å². The van der Waals surface area contributed by atoms with E-state index >= 15 is 0 Å². The molecule has 8 nitrogen and oxygen atoms in total. The lowest BCUT2D eigenvalue weighted by Gasteiger charge is -2.20. The average molecular weight is 534 g/mol. The van der Waals surface area contributed by atoms with Crippen LogP contribution in [-0.4, -0.2) is 27.0 Å². The molecule has 0 radical (unpaired) electrons. The summed E-state index contributed by atoms with van der Waals surface area (Å²) >= 11 is 0. The first-order chi connectivity index (χ1) is 18.8. The number of hydrogen-bond acceptors (Lipinski definition) is 4. The van der Waals surface area contributed by atoms with E-state index in [0.29, 0.717) is 16.8 Å². The first kappa shape index (κ1) is 25.6. The summed E-state index contributed by atoms with van der Waals surface area (Å²) in [5, 5.41) is 2.81. The van der Waals surface area contributed by atoms with Gasteiger partial charge in [0.15, 0.2) is 17.5 Å². The number of benzene rings is 3. The van der Waals surface area contributed by atoms with Gasteiger partial charge in [-0.2, -0.15) is 0 Å². The number of nitrogens with zero attached hydrogens (tertiary/aromatic N) is 1. The first-order valence-corrected chi connectivity index (χ1v) is 11.8. The van der Waals surface area contributed by atoms with Crippen molar-refractivity contribution in [2.24, 2.45) is 0 Å². The van der Waals surface area contributed by atoms with Gasteiger partial charge in [0.2, 0.25) is 0 Å². The lowest BCUT2D eigenvalue weighted by atomic mass is 10.1. The van der Waals surface area contributed by atoms with Crippen LogP contribution in [0.5, 0.6) is 5.75 Å². The molecule has 0 saturated carbocycles. The fourth-order valence-corrected chi connectivity index (χ4v) is 4.15. The summed E-state index contributed by atoms with van der Waals surface area (Å²) in [5.74, 6) is -4.59. The van der Waals surface area contributed by atoms with Crippen LogP contribution in [0.2, 0.25) is 0 Å². The number of fused-ring (bicyclic) bond motifs is 1. The second-order valence-corrected chi connectivity index (χ2v) is 8.76. The zero-order valence-corrected chi connectivity index (χ0v) is 20.2. The number of carbonyl (C=O) groups is 1. The third-order valence-electron chi connectivity index (χ3n) is 6.07. The van der Waals surface area contributed by atoms with Crippen molar-refractivity contribution in [2.75, 3.05) is 6.61 Å². The Hall–Kier alpha value is -5.06. The van der Waals surface area contributed by atoms with E-state index in [0.717, 1.165) is 22.3 Å². The third-order valence-corrected chi connectivity index (χ3v) is 6.07. The van der Waals surface area contributed by atoms with Gasteiger partial charge in [0.05, 0.1) is 23.6 Å². The van der Waals surface area contributed by atoms with Crippen molar-refractivity contribution in [2.45, 2.75) is 12.6 Å². The van der Waals surface area contributed by atoms with Gasteiger partial charge in [-0.3, -0.25) is 9.59 Å². The highest BCUT2D eigenvalue weighted by Gasteiger charge is 2.20. The predicted octanol–water partition coefficient (Wildman–Crippen LogP) is 4.03. The van der Waals surface area contributed by atoms with E-state index in [1.165, 1.54) is 18.3 Å². The number of H-pyrrole nitrogens is 2. The number of pyridine rings is 1. The molecule has 2 aromatic heterocycles. The number of amides is 1. The zero-order valence-electron chi connectivity index (χ0n) is 20.2. The monoisotopic (exact) mass is 534 g/mol. The van der Waals surface area contributed by atoms with E-state index in [1.807, 2.05) is 6.07 Å². The number of carbonyl (C=O) groups excluding carboxylic acids is 1. The highest BCUT2D eigenvalue weighted by Crippen LogP contribution is 2.20. The minimum Gasteiger partial charge on any atom is -0.491 e. The number of imidazole rings is 1. The van der Waals surface area contributed by atoms with Crippen LogP contribution in [0.4, 0.5) is 13.2 Å². The van der Waals surface area contributed by atoms with Gasteiger partial charge in [0, 0.05) is 12.3 Å². The second-order valence-electron chi connectivity index (χ2n) is 8.76. The molecule has 0 aliphatic rings. The zero-order chi connectivity index (χ0) is 27.5. The normalized spacial score (nSPS) is 11.9. The van der Waals surface area contributed by atoms with Crippen LogP contribution in [-0.2, 0) is 6.54 Å². The number of aromatic amines is 2. The van der Waals surface area contributed by atoms with E-state index < -0.39 is 35.0 Å². The van der Waals surface area contributed by atoms with E-state index in [9.17, 15) is 27.6 Å². The highest BCUT2D eigenvalue weighted by molar-refractivity contribution is 5.94. The van der Waals surface area contributed by atoms with Crippen LogP contribution in [0, 0.1) is 17.5 Å². The van der Waals surface area contributed by atoms with Crippen LogP contribution in [0.1, 0.15) is 27.5 Å². The molecule has 0 spiro atoms. The molecular weight excluding hydrogens is 513 g/mol. The number of rotatable bonds is 8. The molecular formula is C28H21F3N4O4. The van der Waals surface area contributed by atoms with E-state index in [4.69, 9.17) is 4.74 Å². The average Bonchev–Trinajstić information content (AvgIpc) is 3.30. The van der Waals surface area contributed by atoms with Gasteiger partial charge in [-0.25, -0.2) is 18.0 Å². The molecule has 3 aromatic carbocycles. The van der Waals surface area contributed by atoms with Crippen molar-refractivity contribution < 1.29 is 22.7 Å². The molecule has 11 heteroatoms. The predicted molar refractivity (Wildman–Crippen MR) is 137 cm³/mol. The summed E-state index contributed by atoms with van der Waals surface area (Å²) in [4.78, 5) is 43.1. The van der Waals surface area contributed by atoms with Crippen LogP contribution in [0.25, 0.3) is 11.0 Å². The van der Waals surface area contributed by atoms with Gasteiger partial charge in [-0.1, -0.05) is 30.3 Å². The van der Waals surface area contributed by atoms with Crippen molar-refractivity contribution in [3.8, 4) is 5.75 Å². The number of halogens is 3. The quantitative estimate of drug-likeness (QED) is 0.261. The third kappa shape index (κ3) is 5.61. The summed E-state index contributed by atoms with van der Waals surface area (Å²) < 4.78 is 47.6. The molecule has 0 unspecified atom stereocenters. The Balaban J connectivity index is 1.37. The van der Waals surface area contributed by atoms with Crippen molar-refractivity contribution in [1.29, 1.82) is 0 Å².